The molecule has 188 valence electrons. The molecule has 0 aliphatic carbocycles. The lowest BCUT2D eigenvalue weighted by atomic mass is 10.2. The summed E-state index contributed by atoms with van der Waals surface area (Å²) in [6.45, 7) is 2.32. The van der Waals surface area contributed by atoms with Gasteiger partial charge in [0.2, 0.25) is 0 Å². The van der Waals surface area contributed by atoms with Crippen LogP contribution in [0.4, 0.5) is 23.2 Å². The lowest BCUT2D eigenvalue weighted by Gasteiger charge is -2.12. The number of carbonyl (C=O) groups excluding carboxylic acids is 2. The van der Waals surface area contributed by atoms with Crippen LogP contribution in [0.5, 0.6) is 11.5 Å². The van der Waals surface area contributed by atoms with E-state index in [4.69, 9.17) is 9.47 Å². The first-order valence-electron chi connectivity index (χ1n) is 10.6. The second-order valence-corrected chi connectivity index (χ2v) is 7.29. The molecule has 0 atom stereocenters. The number of nitrogens with zero attached hydrogens (tertiary/aromatic N) is 1. The molecule has 0 unspecified atom stereocenters. The highest BCUT2D eigenvalue weighted by molar-refractivity contribution is 6.39. The maximum atomic E-state index is 13.0. The zero-order valence-corrected chi connectivity index (χ0v) is 18.9. The first-order chi connectivity index (χ1) is 17.2. The number of anilines is 1. The third kappa shape index (κ3) is 7.55. The van der Waals surface area contributed by atoms with Gasteiger partial charge in [0.25, 0.3) is 0 Å². The Balaban J connectivity index is 1.59. The minimum atomic E-state index is -4.59. The molecule has 0 fully saturated rings. The summed E-state index contributed by atoms with van der Waals surface area (Å²) in [6, 6.07) is 14.6. The summed E-state index contributed by atoms with van der Waals surface area (Å²) in [5, 5.41) is 5.78. The summed E-state index contributed by atoms with van der Waals surface area (Å²) >= 11 is 0. The van der Waals surface area contributed by atoms with Gasteiger partial charge in [-0.25, -0.2) is 9.82 Å². The van der Waals surface area contributed by atoms with Gasteiger partial charge in [-0.3, -0.25) is 9.59 Å². The molecule has 0 saturated carbocycles. The summed E-state index contributed by atoms with van der Waals surface area (Å²) in [6.07, 6.45) is -3.34. The molecule has 2 amide bonds. The van der Waals surface area contributed by atoms with Crippen molar-refractivity contribution in [2.75, 3.05) is 11.9 Å². The number of hydrazone groups is 1. The molecule has 0 radical (unpaired) electrons. The van der Waals surface area contributed by atoms with Crippen LogP contribution in [0.25, 0.3) is 0 Å². The van der Waals surface area contributed by atoms with E-state index in [-0.39, 0.29) is 18.1 Å². The van der Waals surface area contributed by atoms with Crippen LogP contribution in [-0.4, -0.2) is 24.6 Å². The molecule has 0 heterocycles. The highest BCUT2D eigenvalue weighted by Gasteiger charge is 2.30. The molecule has 0 bridgehead atoms. The standard InChI is InChI=1S/C25H21F4N3O4/c1-2-35-22-12-17(8-11-21(22)36-15-16-6-9-19(26)10-7-16)14-30-32-24(34)23(33)31-20-5-3-4-18(13-20)25(27,28)29/h3-14H,2,15H2,1H3,(H,31,33)(H,32,34)/b30-14+. The van der Waals surface area contributed by atoms with Crippen molar-refractivity contribution < 1.29 is 36.6 Å². The number of rotatable bonds is 8. The largest absolute Gasteiger partial charge is 0.490 e. The van der Waals surface area contributed by atoms with Crippen molar-refractivity contribution in [1.29, 1.82) is 0 Å². The van der Waals surface area contributed by atoms with Gasteiger partial charge in [-0.1, -0.05) is 18.2 Å². The molecule has 11 heteroatoms. The fourth-order valence-electron chi connectivity index (χ4n) is 2.91. The average molecular weight is 503 g/mol. The van der Waals surface area contributed by atoms with E-state index in [0.717, 1.165) is 17.7 Å². The molecule has 7 nitrogen and oxygen atoms in total. The van der Waals surface area contributed by atoms with Crippen LogP contribution in [0.15, 0.2) is 71.8 Å². The van der Waals surface area contributed by atoms with Gasteiger partial charge in [0.15, 0.2) is 11.5 Å². The Morgan fingerprint density at radius 3 is 2.39 bits per heavy atom. The van der Waals surface area contributed by atoms with E-state index in [9.17, 15) is 27.2 Å². The van der Waals surface area contributed by atoms with Crippen LogP contribution in [0.3, 0.4) is 0 Å². The van der Waals surface area contributed by atoms with Crippen molar-refractivity contribution >= 4 is 23.7 Å². The SMILES string of the molecule is CCOc1cc(/C=N/NC(=O)C(=O)Nc2cccc(C(F)(F)F)c2)ccc1OCc1ccc(F)cc1. The van der Waals surface area contributed by atoms with Crippen LogP contribution in [0, 0.1) is 5.82 Å². The number of hydrogen-bond donors (Lipinski definition) is 2. The zero-order valence-electron chi connectivity index (χ0n) is 18.9. The van der Waals surface area contributed by atoms with Crippen molar-refractivity contribution in [3.8, 4) is 11.5 Å². The van der Waals surface area contributed by atoms with Gasteiger partial charge < -0.3 is 14.8 Å². The van der Waals surface area contributed by atoms with Crippen molar-refractivity contribution in [3.63, 3.8) is 0 Å². The topological polar surface area (TPSA) is 89.0 Å². The van der Waals surface area contributed by atoms with Gasteiger partial charge in [0.05, 0.1) is 18.4 Å². The van der Waals surface area contributed by atoms with E-state index in [1.54, 1.807) is 37.3 Å². The van der Waals surface area contributed by atoms with Crippen LogP contribution in [0.1, 0.15) is 23.6 Å². The number of amides is 2. The van der Waals surface area contributed by atoms with E-state index in [1.165, 1.54) is 24.4 Å². The normalized spacial score (nSPS) is 11.2. The van der Waals surface area contributed by atoms with Crippen molar-refractivity contribution in [2.45, 2.75) is 19.7 Å². The Labute approximate surface area is 203 Å². The number of carbonyl (C=O) groups is 2. The van der Waals surface area contributed by atoms with Crippen LogP contribution < -0.4 is 20.2 Å². The third-order valence-electron chi connectivity index (χ3n) is 4.61. The molecule has 3 aromatic rings. The lowest BCUT2D eigenvalue weighted by Crippen LogP contribution is -2.32. The monoisotopic (exact) mass is 503 g/mol. The summed E-state index contributed by atoms with van der Waals surface area (Å²) in [7, 11) is 0. The maximum absolute atomic E-state index is 13.0. The Morgan fingerprint density at radius 1 is 0.944 bits per heavy atom. The van der Waals surface area contributed by atoms with Crippen molar-refractivity contribution in [1.82, 2.24) is 5.43 Å². The van der Waals surface area contributed by atoms with Gasteiger partial charge in [0.1, 0.15) is 12.4 Å². The van der Waals surface area contributed by atoms with E-state index < -0.39 is 23.6 Å². The van der Waals surface area contributed by atoms with Gasteiger partial charge in [-0.05, 0) is 66.6 Å². The highest BCUT2D eigenvalue weighted by atomic mass is 19.4. The molecule has 0 saturated heterocycles. The van der Waals surface area contributed by atoms with Crippen LogP contribution in [0.2, 0.25) is 0 Å². The predicted molar refractivity (Wildman–Crippen MR) is 124 cm³/mol. The highest BCUT2D eigenvalue weighted by Crippen LogP contribution is 2.31. The minimum Gasteiger partial charge on any atom is -0.490 e. The van der Waals surface area contributed by atoms with Gasteiger partial charge >= 0.3 is 18.0 Å². The van der Waals surface area contributed by atoms with Crippen LogP contribution in [-0.2, 0) is 22.4 Å². The fraction of sp³-hybridized carbons (Fsp3) is 0.160. The Kier molecular flexibility index (Phi) is 8.61. The number of nitrogens with one attached hydrogen (secondary N) is 2. The molecule has 3 aromatic carbocycles. The first-order valence-corrected chi connectivity index (χ1v) is 10.6. The molecule has 0 spiro atoms. The van der Waals surface area contributed by atoms with E-state index in [2.05, 4.69) is 10.4 Å². The zero-order chi connectivity index (χ0) is 26.1. The first kappa shape index (κ1) is 26.2. The Hall–Kier alpha value is -4.41. The number of hydrogen-bond acceptors (Lipinski definition) is 5. The summed E-state index contributed by atoms with van der Waals surface area (Å²) in [5.41, 5.74) is 2.12. The van der Waals surface area contributed by atoms with Crippen molar-refractivity contribution in [2.24, 2.45) is 5.10 Å². The average Bonchev–Trinajstić information content (AvgIpc) is 2.84. The molecule has 2 N–H and O–H groups in total. The summed E-state index contributed by atoms with van der Waals surface area (Å²) < 4.78 is 62.7. The maximum Gasteiger partial charge on any atom is 0.416 e. The molecule has 36 heavy (non-hydrogen) atoms. The van der Waals surface area contributed by atoms with E-state index >= 15 is 0 Å². The van der Waals surface area contributed by atoms with Crippen molar-refractivity contribution in [3.05, 3.63) is 89.2 Å². The van der Waals surface area contributed by atoms with Gasteiger partial charge in [-0.2, -0.15) is 18.3 Å². The lowest BCUT2D eigenvalue weighted by molar-refractivity contribution is -0.137. The van der Waals surface area contributed by atoms with Crippen LogP contribution >= 0.6 is 0 Å². The molecule has 3 rings (SSSR count). The second-order valence-electron chi connectivity index (χ2n) is 7.29. The second kappa shape index (κ2) is 11.8. The van der Waals surface area contributed by atoms with Gasteiger partial charge in [-0.15, -0.1) is 0 Å². The third-order valence-corrected chi connectivity index (χ3v) is 4.61. The summed E-state index contributed by atoms with van der Waals surface area (Å²) in [5.74, 6) is -1.88. The van der Waals surface area contributed by atoms with E-state index in [0.29, 0.717) is 29.7 Å². The quantitative estimate of drug-likeness (QED) is 0.198. The molecule has 0 aromatic heterocycles. The Morgan fingerprint density at radius 2 is 1.69 bits per heavy atom. The smallest absolute Gasteiger partial charge is 0.416 e. The minimum absolute atomic E-state index is 0.185. The number of ether oxygens (including phenoxy) is 2. The molecule has 0 aliphatic rings. The molecular formula is C25H21F4N3O4. The van der Waals surface area contributed by atoms with Gasteiger partial charge in [0, 0.05) is 5.69 Å². The summed E-state index contributed by atoms with van der Waals surface area (Å²) in [4.78, 5) is 23.9. The number of halogens is 4. The fourth-order valence-corrected chi connectivity index (χ4v) is 2.91. The van der Waals surface area contributed by atoms with E-state index in [1.807, 2.05) is 5.43 Å². The molecular weight excluding hydrogens is 482 g/mol. The Bertz CT molecular complexity index is 1240. The number of alkyl halides is 3. The molecule has 0 aliphatic heterocycles. The number of benzene rings is 3. The predicted octanol–water partition coefficient (Wildman–Crippen LogP) is 4.91.